The summed E-state index contributed by atoms with van der Waals surface area (Å²) < 4.78 is 0. The molecule has 1 N–H and O–H groups in total. The normalized spacial score (nSPS) is 12.2. The average Bonchev–Trinajstić information content (AvgIpc) is 2.30. The largest absolute Gasteiger partial charge is 0.478 e. The molecule has 0 aromatic carbocycles. The van der Waals surface area contributed by atoms with E-state index < -0.39 is 5.97 Å². The van der Waals surface area contributed by atoms with Gasteiger partial charge in [0.2, 0.25) is 0 Å². The van der Waals surface area contributed by atoms with E-state index in [0.717, 1.165) is 13.0 Å². The monoisotopic (exact) mass is 222 g/mol. The summed E-state index contributed by atoms with van der Waals surface area (Å²) in [5.41, 5.74) is 1.02. The van der Waals surface area contributed by atoms with Crippen molar-refractivity contribution in [3.05, 3.63) is 24.0 Å². The molecular weight excluding hydrogens is 204 g/mol. The Bertz CT molecular complexity index is 366. The van der Waals surface area contributed by atoms with Crippen LogP contribution in [0.4, 0.5) is 5.69 Å². The lowest BCUT2D eigenvalue weighted by Crippen LogP contribution is -2.33. The lowest BCUT2D eigenvalue weighted by molar-refractivity contribution is 0.0697. The van der Waals surface area contributed by atoms with Crippen LogP contribution in [0.2, 0.25) is 0 Å². The van der Waals surface area contributed by atoms with Gasteiger partial charge in [-0.15, -0.1) is 0 Å². The summed E-state index contributed by atoms with van der Waals surface area (Å²) in [5.74, 6) is -0.904. The van der Waals surface area contributed by atoms with E-state index in [9.17, 15) is 4.79 Å². The Labute approximate surface area is 95.9 Å². The molecule has 1 aromatic heterocycles. The standard InChI is InChI=1S/C12H18N2O2/c1-4-9(3)14(5-2)11-8-13-7-6-10(11)12(15)16/h6-9H,4-5H2,1-3H3,(H,15,16). The van der Waals surface area contributed by atoms with Crippen molar-refractivity contribution in [3.63, 3.8) is 0 Å². The second kappa shape index (κ2) is 5.49. The van der Waals surface area contributed by atoms with Gasteiger partial charge in [-0.1, -0.05) is 6.92 Å². The number of aromatic nitrogens is 1. The number of carbonyl (C=O) groups is 1. The average molecular weight is 222 g/mol. The fourth-order valence-electron chi connectivity index (χ4n) is 1.74. The summed E-state index contributed by atoms with van der Waals surface area (Å²) in [6.07, 6.45) is 4.11. The Balaban J connectivity index is 3.14. The number of hydrogen-bond acceptors (Lipinski definition) is 3. The first kappa shape index (κ1) is 12.5. The first-order valence-electron chi connectivity index (χ1n) is 5.55. The number of aromatic carboxylic acids is 1. The number of rotatable bonds is 5. The van der Waals surface area contributed by atoms with E-state index in [1.165, 1.54) is 6.20 Å². The Morgan fingerprint density at radius 3 is 2.75 bits per heavy atom. The van der Waals surface area contributed by atoms with Gasteiger partial charge < -0.3 is 10.0 Å². The number of carboxylic acids is 1. The molecule has 1 heterocycles. The molecule has 0 amide bonds. The van der Waals surface area contributed by atoms with Crippen molar-refractivity contribution in [3.8, 4) is 0 Å². The summed E-state index contributed by atoms with van der Waals surface area (Å²) in [7, 11) is 0. The number of hydrogen-bond donors (Lipinski definition) is 1. The first-order chi connectivity index (χ1) is 7.61. The Morgan fingerprint density at radius 2 is 2.25 bits per heavy atom. The molecule has 0 aliphatic rings. The van der Waals surface area contributed by atoms with Gasteiger partial charge in [-0.25, -0.2) is 4.79 Å². The van der Waals surface area contributed by atoms with Gasteiger partial charge in [-0.3, -0.25) is 4.98 Å². The van der Waals surface area contributed by atoms with E-state index >= 15 is 0 Å². The molecule has 4 heteroatoms. The zero-order valence-electron chi connectivity index (χ0n) is 9.97. The predicted octanol–water partition coefficient (Wildman–Crippen LogP) is 2.40. The lowest BCUT2D eigenvalue weighted by atomic mass is 10.1. The fraction of sp³-hybridized carbons (Fsp3) is 0.500. The lowest BCUT2D eigenvalue weighted by Gasteiger charge is -2.30. The Morgan fingerprint density at radius 1 is 1.56 bits per heavy atom. The summed E-state index contributed by atoms with van der Waals surface area (Å²) in [5, 5.41) is 9.11. The number of anilines is 1. The van der Waals surface area contributed by atoms with Gasteiger partial charge in [-0.05, 0) is 26.3 Å². The van der Waals surface area contributed by atoms with Crippen molar-refractivity contribution in [1.29, 1.82) is 0 Å². The SMILES string of the molecule is CCC(C)N(CC)c1cnccc1C(=O)O. The minimum Gasteiger partial charge on any atom is -0.478 e. The van der Waals surface area contributed by atoms with Gasteiger partial charge >= 0.3 is 5.97 Å². The molecule has 4 nitrogen and oxygen atoms in total. The number of pyridine rings is 1. The van der Waals surface area contributed by atoms with Gasteiger partial charge in [0.05, 0.1) is 17.4 Å². The van der Waals surface area contributed by atoms with Crippen LogP contribution >= 0.6 is 0 Å². The summed E-state index contributed by atoms with van der Waals surface area (Å²) in [6, 6.07) is 1.86. The minimum absolute atomic E-state index is 0.312. The molecule has 0 bridgehead atoms. The van der Waals surface area contributed by atoms with Crippen LogP contribution in [0.3, 0.4) is 0 Å². The van der Waals surface area contributed by atoms with Gasteiger partial charge in [0, 0.05) is 18.8 Å². The van der Waals surface area contributed by atoms with Gasteiger partial charge in [0.1, 0.15) is 0 Å². The summed E-state index contributed by atoms with van der Waals surface area (Å²) in [4.78, 5) is 17.2. The number of nitrogens with zero attached hydrogens (tertiary/aromatic N) is 2. The molecule has 0 saturated heterocycles. The van der Waals surface area contributed by atoms with E-state index in [-0.39, 0.29) is 0 Å². The van der Waals surface area contributed by atoms with Gasteiger partial charge in [0.15, 0.2) is 0 Å². The van der Waals surface area contributed by atoms with E-state index in [1.807, 2.05) is 6.92 Å². The van der Waals surface area contributed by atoms with E-state index in [0.29, 0.717) is 17.3 Å². The van der Waals surface area contributed by atoms with E-state index in [4.69, 9.17) is 5.11 Å². The maximum absolute atomic E-state index is 11.1. The zero-order chi connectivity index (χ0) is 12.1. The highest BCUT2D eigenvalue weighted by atomic mass is 16.4. The highest BCUT2D eigenvalue weighted by Crippen LogP contribution is 2.22. The van der Waals surface area contributed by atoms with Crippen LogP contribution in [0.25, 0.3) is 0 Å². The van der Waals surface area contributed by atoms with E-state index in [2.05, 4.69) is 23.7 Å². The summed E-state index contributed by atoms with van der Waals surface area (Å²) in [6.45, 7) is 6.97. The Kier molecular flexibility index (Phi) is 4.28. The third-order valence-corrected chi connectivity index (χ3v) is 2.80. The van der Waals surface area contributed by atoms with Crippen molar-refractivity contribution in [2.45, 2.75) is 33.2 Å². The smallest absolute Gasteiger partial charge is 0.337 e. The molecule has 1 rings (SSSR count). The van der Waals surface area contributed by atoms with Gasteiger partial charge in [0.25, 0.3) is 0 Å². The Hall–Kier alpha value is -1.58. The van der Waals surface area contributed by atoms with Crippen LogP contribution in [0.1, 0.15) is 37.6 Å². The summed E-state index contributed by atoms with van der Waals surface area (Å²) >= 11 is 0. The fourth-order valence-corrected chi connectivity index (χ4v) is 1.74. The van der Waals surface area contributed by atoms with Crippen LogP contribution in [0.15, 0.2) is 18.5 Å². The van der Waals surface area contributed by atoms with Crippen LogP contribution in [-0.4, -0.2) is 28.6 Å². The third-order valence-electron chi connectivity index (χ3n) is 2.80. The molecule has 1 aromatic rings. The highest BCUT2D eigenvalue weighted by Gasteiger charge is 2.18. The second-order valence-electron chi connectivity index (χ2n) is 3.74. The number of carboxylic acid groups (broad SMARTS) is 1. The molecule has 0 aliphatic heterocycles. The molecule has 1 unspecified atom stereocenters. The molecule has 88 valence electrons. The molecular formula is C12H18N2O2. The van der Waals surface area contributed by atoms with Crippen molar-refractivity contribution in [1.82, 2.24) is 4.98 Å². The third kappa shape index (κ3) is 2.51. The molecule has 0 radical (unpaired) electrons. The van der Waals surface area contributed by atoms with Crippen molar-refractivity contribution >= 4 is 11.7 Å². The van der Waals surface area contributed by atoms with Crippen LogP contribution in [0, 0.1) is 0 Å². The molecule has 0 spiro atoms. The first-order valence-corrected chi connectivity index (χ1v) is 5.55. The van der Waals surface area contributed by atoms with Crippen molar-refractivity contribution in [2.75, 3.05) is 11.4 Å². The zero-order valence-corrected chi connectivity index (χ0v) is 9.97. The predicted molar refractivity (Wildman–Crippen MR) is 64.0 cm³/mol. The topological polar surface area (TPSA) is 53.4 Å². The van der Waals surface area contributed by atoms with Crippen molar-refractivity contribution in [2.24, 2.45) is 0 Å². The molecule has 1 atom stereocenters. The second-order valence-corrected chi connectivity index (χ2v) is 3.74. The minimum atomic E-state index is -0.904. The highest BCUT2D eigenvalue weighted by molar-refractivity contribution is 5.94. The van der Waals surface area contributed by atoms with Crippen LogP contribution in [-0.2, 0) is 0 Å². The van der Waals surface area contributed by atoms with Crippen LogP contribution in [0.5, 0.6) is 0 Å². The van der Waals surface area contributed by atoms with Gasteiger partial charge in [-0.2, -0.15) is 0 Å². The van der Waals surface area contributed by atoms with E-state index in [1.54, 1.807) is 12.3 Å². The molecule has 0 fully saturated rings. The molecule has 16 heavy (non-hydrogen) atoms. The van der Waals surface area contributed by atoms with Crippen LogP contribution < -0.4 is 4.90 Å². The quantitative estimate of drug-likeness (QED) is 0.831. The maximum atomic E-state index is 11.1. The molecule has 0 saturated carbocycles. The molecule has 0 aliphatic carbocycles. The van der Waals surface area contributed by atoms with Crippen molar-refractivity contribution < 1.29 is 9.90 Å². The maximum Gasteiger partial charge on any atom is 0.337 e.